The number of aromatic nitrogens is 1. The minimum atomic E-state index is -0.575. The number of carbonyl (C=O) groups excluding carboxylic acids is 2. The maximum absolute atomic E-state index is 13.4. The van der Waals surface area contributed by atoms with E-state index in [1.165, 1.54) is 13.2 Å². The van der Waals surface area contributed by atoms with Gasteiger partial charge >= 0.3 is 0 Å². The van der Waals surface area contributed by atoms with E-state index in [1.807, 2.05) is 6.92 Å². The monoisotopic (exact) mass is 483 g/mol. The number of anilines is 1. The van der Waals surface area contributed by atoms with Crippen molar-refractivity contribution in [3.05, 3.63) is 69.1 Å². The van der Waals surface area contributed by atoms with E-state index >= 15 is 0 Å². The van der Waals surface area contributed by atoms with Crippen LogP contribution in [0.1, 0.15) is 37.7 Å². The van der Waals surface area contributed by atoms with Gasteiger partial charge in [0.05, 0.1) is 7.11 Å². The Morgan fingerprint density at radius 2 is 2.10 bits per heavy atom. The number of ether oxygens (including phenoxy) is 1. The minimum absolute atomic E-state index is 0.00452. The molecule has 1 aliphatic heterocycles. The molecule has 1 aliphatic carbocycles. The predicted molar refractivity (Wildman–Crippen MR) is 120 cm³/mol. The quantitative estimate of drug-likeness (QED) is 0.603. The van der Waals surface area contributed by atoms with Crippen molar-refractivity contribution in [1.82, 2.24) is 10.3 Å². The number of nitrogens with one attached hydrogen (secondary N) is 2. The molecule has 7 nitrogen and oxygen atoms in total. The van der Waals surface area contributed by atoms with E-state index in [2.05, 4.69) is 31.5 Å². The number of pyridine rings is 1. The number of rotatable bonds is 4. The highest BCUT2D eigenvalue weighted by atomic mass is 79.9. The number of nitrogens with zero attached hydrogens (tertiary/aromatic N) is 1. The van der Waals surface area contributed by atoms with Crippen LogP contribution >= 0.6 is 15.9 Å². The third kappa shape index (κ3) is 4.07. The summed E-state index contributed by atoms with van der Waals surface area (Å²) in [5.41, 5.74) is 3.27. The first-order chi connectivity index (χ1) is 14.9. The topological polar surface area (TPSA) is 101 Å². The van der Waals surface area contributed by atoms with Gasteiger partial charge in [0.15, 0.2) is 17.3 Å². The summed E-state index contributed by atoms with van der Waals surface area (Å²) in [6, 6.07) is 8.40. The van der Waals surface area contributed by atoms with Gasteiger partial charge in [-0.1, -0.05) is 6.07 Å². The summed E-state index contributed by atoms with van der Waals surface area (Å²) in [6.07, 6.45) is 3.55. The van der Waals surface area contributed by atoms with E-state index in [0.29, 0.717) is 34.6 Å². The van der Waals surface area contributed by atoms with Crippen molar-refractivity contribution >= 4 is 33.4 Å². The number of carbonyl (C=O) groups is 2. The number of ketones is 1. The molecule has 8 heteroatoms. The number of aromatic hydroxyl groups is 1. The van der Waals surface area contributed by atoms with Crippen molar-refractivity contribution in [3.63, 3.8) is 0 Å². The molecule has 2 aromatic rings. The van der Waals surface area contributed by atoms with Crippen LogP contribution in [0.2, 0.25) is 0 Å². The van der Waals surface area contributed by atoms with Gasteiger partial charge in [-0.15, -0.1) is 0 Å². The summed E-state index contributed by atoms with van der Waals surface area (Å²) in [6.45, 7) is 1.83. The molecule has 4 rings (SSSR count). The Hall–Kier alpha value is -3.13. The highest BCUT2D eigenvalue weighted by Gasteiger charge is 2.38. The van der Waals surface area contributed by atoms with Crippen LogP contribution in [0.5, 0.6) is 11.5 Å². The Bertz CT molecular complexity index is 1120. The fraction of sp³-hybridized carbons (Fsp3) is 0.261. The molecule has 31 heavy (non-hydrogen) atoms. The van der Waals surface area contributed by atoms with Crippen molar-refractivity contribution in [2.24, 2.45) is 0 Å². The first-order valence-corrected chi connectivity index (χ1v) is 10.7. The van der Waals surface area contributed by atoms with Crippen molar-refractivity contribution in [1.29, 1.82) is 0 Å². The number of phenols is 1. The van der Waals surface area contributed by atoms with Gasteiger partial charge in [0.2, 0.25) is 0 Å². The predicted octanol–water partition coefficient (Wildman–Crippen LogP) is 4.16. The number of allylic oxidation sites excluding steroid dienone is 3. The number of methoxy groups -OCH3 is 1. The Kier molecular flexibility index (Phi) is 5.82. The van der Waals surface area contributed by atoms with Crippen molar-refractivity contribution in [2.75, 3.05) is 12.4 Å². The molecule has 0 saturated heterocycles. The molecule has 0 unspecified atom stereocenters. The smallest absolute Gasteiger partial charge is 0.255 e. The second-order valence-electron chi connectivity index (χ2n) is 7.51. The summed E-state index contributed by atoms with van der Waals surface area (Å²) < 4.78 is 6.07. The first-order valence-electron chi connectivity index (χ1n) is 9.93. The molecule has 2 heterocycles. The molecule has 0 fully saturated rings. The number of halogens is 1. The van der Waals surface area contributed by atoms with Gasteiger partial charge in [-0.25, -0.2) is 4.98 Å². The molecule has 0 saturated carbocycles. The van der Waals surface area contributed by atoms with Gasteiger partial charge < -0.3 is 20.5 Å². The molecule has 3 N–H and O–H groups in total. The van der Waals surface area contributed by atoms with Gasteiger partial charge in [0.25, 0.3) is 5.91 Å². The van der Waals surface area contributed by atoms with Gasteiger partial charge in [0, 0.05) is 45.5 Å². The minimum Gasteiger partial charge on any atom is -0.504 e. The molecule has 0 bridgehead atoms. The Labute approximate surface area is 188 Å². The van der Waals surface area contributed by atoms with Crippen LogP contribution in [0.15, 0.2) is 63.5 Å². The van der Waals surface area contributed by atoms with E-state index in [0.717, 1.165) is 23.0 Å². The van der Waals surface area contributed by atoms with Crippen molar-refractivity contribution in [3.8, 4) is 11.5 Å². The molecule has 160 valence electrons. The molecule has 1 aromatic heterocycles. The fourth-order valence-electron chi connectivity index (χ4n) is 4.12. The van der Waals surface area contributed by atoms with Gasteiger partial charge in [-0.3, -0.25) is 9.59 Å². The maximum Gasteiger partial charge on any atom is 0.255 e. The standard InChI is InChI=1S/C23H22BrN3O4/c1-12-20(23(30)27-19-9-7-14(24)11-25-19)21(13-6-8-16(28)18(10-13)31-2)22-15(26-12)4-3-5-17(22)29/h6-11,21,26,28H,3-5H2,1-2H3,(H,25,27,30)/t21-/m0/s1. The first kappa shape index (κ1) is 21.1. The number of hydrogen-bond donors (Lipinski definition) is 3. The van der Waals surface area contributed by atoms with Crippen LogP contribution in [0, 0.1) is 0 Å². The van der Waals surface area contributed by atoms with E-state index < -0.39 is 5.92 Å². The molecule has 1 aromatic carbocycles. The average molecular weight is 484 g/mol. The summed E-state index contributed by atoms with van der Waals surface area (Å²) in [7, 11) is 1.46. The molecule has 1 atom stereocenters. The summed E-state index contributed by atoms with van der Waals surface area (Å²) in [4.78, 5) is 30.5. The van der Waals surface area contributed by atoms with Gasteiger partial charge in [-0.2, -0.15) is 0 Å². The number of dihydropyridines is 1. The van der Waals surface area contributed by atoms with Crippen LogP contribution in [-0.2, 0) is 9.59 Å². The number of benzene rings is 1. The van der Waals surface area contributed by atoms with Crippen LogP contribution in [0.4, 0.5) is 5.82 Å². The van der Waals surface area contributed by atoms with E-state index in [-0.39, 0.29) is 23.2 Å². The zero-order chi connectivity index (χ0) is 22.1. The summed E-state index contributed by atoms with van der Waals surface area (Å²) >= 11 is 3.33. The van der Waals surface area contributed by atoms with E-state index in [4.69, 9.17) is 4.74 Å². The lowest BCUT2D eigenvalue weighted by Gasteiger charge is -2.34. The number of phenolic OH excluding ortho intramolecular Hbond substituents is 1. The van der Waals surface area contributed by atoms with E-state index in [1.54, 1.807) is 30.5 Å². The maximum atomic E-state index is 13.4. The summed E-state index contributed by atoms with van der Waals surface area (Å²) in [5.74, 6) is -0.213. The fourth-order valence-corrected chi connectivity index (χ4v) is 4.36. The largest absolute Gasteiger partial charge is 0.504 e. The molecular formula is C23H22BrN3O4. The number of hydrogen-bond acceptors (Lipinski definition) is 6. The van der Waals surface area contributed by atoms with Crippen LogP contribution in [0.25, 0.3) is 0 Å². The molecular weight excluding hydrogens is 462 g/mol. The van der Waals surface area contributed by atoms with Gasteiger partial charge in [-0.05, 0) is 65.5 Å². The second kappa shape index (κ2) is 8.55. The third-order valence-corrected chi connectivity index (χ3v) is 6.00. The number of Topliss-reactive ketones (excluding diaryl/α,β-unsaturated/α-hetero) is 1. The Morgan fingerprint density at radius 1 is 1.29 bits per heavy atom. The van der Waals surface area contributed by atoms with Crippen molar-refractivity contribution < 1.29 is 19.4 Å². The summed E-state index contributed by atoms with van der Waals surface area (Å²) in [5, 5.41) is 16.2. The molecule has 1 amide bonds. The molecule has 0 radical (unpaired) electrons. The number of amides is 1. The van der Waals surface area contributed by atoms with Gasteiger partial charge in [0.1, 0.15) is 5.82 Å². The van der Waals surface area contributed by atoms with Crippen LogP contribution in [0.3, 0.4) is 0 Å². The zero-order valence-corrected chi connectivity index (χ0v) is 18.7. The Morgan fingerprint density at radius 3 is 2.81 bits per heavy atom. The Balaban J connectivity index is 1.80. The highest BCUT2D eigenvalue weighted by Crippen LogP contribution is 2.44. The molecule has 2 aliphatic rings. The lowest BCUT2D eigenvalue weighted by atomic mass is 9.75. The zero-order valence-electron chi connectivity index (χ0n) is 17.2. The normalized spacial score (nSPS) is 18.4. The average Bonchev–Trinajstić information content (AvgIpc) is 2.75. The lowest BCUT2D eigenvalue weighted by Crippen LogP contribution is -2.35. The SMILES string of the molecule is COc1cc([C@H]2C(C(=O)Nc3ccc(Br)cn3)=C(C)NC3=C2C(=O)CCC3)ccc1O. The third-order valence-electron chi connectivity index (χ3n) is 5.53. The van der Waals surface area contributed by atoms with Crippen molar-refractivity contribution in [2.45, 2.75) is 32.1 Å². The second-order valence-corrected chi connectivity index (χ2v) is 8.43. The molecule has 0 spiro atoms. The van der Waals surface area contributed by atoms with Crippen LogP contribution in [-0.4, -0.2) is 28.9 Å². The lowest BCUT2D eigenvalue weighted by molar-refractivity contribution is -0.116. The highest BCUT2D eigenvalue weighted by molar-refractivity contribution is 9.10. The van der Waals surface area contributed by atoms with Crippen LogP contribution < -0.4 is 15.4 Å². The van der Waals surface area contributed by atoms with E-state index in [9.17, 15) is 14.7 Å².